The van der Waals surface area contributed by atoms with Gasteiger partial charge in [0.15, 0.2) is 5.69 Å². The zero-order valence-electron chi connectivity index (χ0n) is 12.2. The van der Waals surface area contributed by atoms with Gasteiger partial charge in [0, 0.05) is 24.6 Å². The second-order valence-electron chi connectivity index (χ2n) is 4.69. The van der Waals surface area contributed by atoms with Crippen LogP contribution in [-0.4, -0.2) is 27.8 Å². The van der Waals surface area contributed by atoms with Gasteiger partial charge < -0.3 is 4.90 Å². The zero-order valence-corrected chi connectivity index (χ0v) is 13.7. The molecule has 24 heavy (non-hydrogen) atoms. The van der Waals surface area contributed by atoms with E-state index in [9.17, 15) is 33.4 Å². The Morgan fingerprint density at radius 2 is 1.67 bits per heavy atom. The summed E-state index contributed by atoms with van der Waals surface area (Å²) in [7, 11) is 0. The van der Waals surface area contributed by atoms with Gasteiger partial charge in [0.05, 0.1) is 15.4 Å². The molecule has 0 aliphatic heterocycles. The first kappa shape index (κ1) is 20.2. The maximum Gasteiger partial charge on any atom is 0.416 e. The first-order chi connectivity index (χ1) is 11.0. The number of nitrogens with zero attached hydrogens (tertiary/aromatic N) is 3. The van der Waals surface area contributed by atoms with Crippen molar-refractivity contribution in [2.24, 2.45) is 0 Å². The number of hydrogen-bond acceptors (Lipinski definition) is 5. The quantitative estimate of drug-likeness (QED) is 0.295. The lowest BCUT2D eigenvalue weighted by molar-refractivity contribution is -0.393. The summed E-state index contributed by atoms with van der Waals surface area (Å²) in [6.45, 7) is 1.39. The predicted octanol–water partition coefficient (Wildman–Crippen LogP) is 4.54. The van der Waals surface area contributed by atoms with Crippen LogP contribution in [0.5, 0.6) is 0 Å². The molecule has 1 aromatic carbocycles. The van der Waals surface area contributed by atoms with Crippen LogP contribution in [0.1, 0.15) is 18.9 Å². The Bertz CT molecular complexity index is 605. The fourth-order valence-corrected chi connectivity index (χ4v) is 2.35. The summed E-state index contributed by atoms with van der Waals surface area (Å²) < 4.78 is 38.6. The average Bonchev–Trinajstić information content (AvgIpc) is 2.45. The van der Waals surface area contributed by atoms with E-state index in [0.29, 0.717) is 0 Å². The van der Waals surface area contributed by atoms with Gasteiger partial charge >= 0.3 is 6.18 Å². The molecule has 0 amide bonds. The number of nitro benzene ring substituents is 2. The van der Waals surface area contributed by atoms with E-state index in [2.05, 4.69) is 0 Å². The molecule has 0 saturated heterocycles. The Labute approximate surface area is 144 Å². The molecule has 1 rings (SSSR count). The van der Waals surface area contributed by atoms with Crippen molar-refractivity contribution >= 4 is 40.3 Å². The van der Waals surface area contributed by atoms with Gasteiger partial charge in [-0.05, 0) is 13.3 Å². The lowest BCUT2D eigenvalue weighted by atomic mass is 10.1. The molecule has 1 unspecified atom stereocenters. The molecule has 0 fully saturated rings. The van der Waals surface area contributed by atoms with Crippen LogP contribution in [0.4, 0.5) is 30.2 Å². The molecule has 134 valence electrons. The maximum atomic E-state index is 12.9. The standard InChI is InChI=1S/C12H12Cl2F3N3O4/c1-7(14)18(4-2-3-13)11-9(19(21)22)5-8(12(15,16)17)6-10(11)20(23)24/h5-7H,2-4H2,1H3. The first-order valence-corrected chi connectivity index (χ1v) is 7.48. The van der Waals surface area contributed by atoms with Crippen LogP contribution in [0.15, 0.2) is 12.1 Å². The molecule has 0 heterocycles. The van der Waals surface area contributed by atoms with Crippen LogP contribution in [0.25, 0.3) is 0 Å². The lowest BCUT2D eigenvalue weighted by Gasteiger charge is -2.26. The predicted molar refractivity (Wildman–Crippen MR) is 82.8 cm³/mol. The van der Waals surface area contributed by atoms with Gasteiger partial charge in [-0.3, -0.25) is 20.2 Å². The summed E-state index contributed by atoms with van der Waals surface area (Å²) >= 11 is 11.5. The van der Waals surface area contributed by atoms with E-state index in [1.807, 2.05) is 0 Å². The number of nitro groups is 2. The number of alkyl halides is 5. The minimum absolute atomic E-state index is 0.00120. The number of halogens is 5. The molecular formula is C12H12Cl2F3N3O4. The van der Waals surface area contributed by atoms with Crippen molar-refractivity contribution < 1.29 is 23.0 Å². The Morgan fingerprint density at radius 1 is 1.21 bits per heavy atom. The highest BCUT2D eigenvalue weighted by Crippen LogP contribution is 2.44. The van der Waals surface area contributed by atoms with Crippen LogP contribution in [0, 0.1) is 20.2 Å². The molecule has 7 nitrogen and oxygen atoms in total. The highest BCUT2D eigenvalue weighted by Gasteiger charge is 2.39. The number of anilines is 1. The number of hydrogen-bond donors (Lipinski definition) is 0. The van der Waals surface area contributed by atoms with Gasteiger partial charge in [-0.25, -0.2) is 0 Å². The van der Waals surface area contributed by atoms with E-state index in [0.717, 1.165) is 4.90 Å². The highest BCUT2D eigenvalue weighted by atomic mass is 35.5. The molecule has 0 N–H and O–H groups in total. The van der Waals surface area contributed by atoms with Gasteiger partial charge in [0.25, 0.3) is 11.4 Å². The van der Waals surface area contributed by atoms with Gasteiger partial charge in [0.2, 0.25) is 0 Å². The first-order valence-electron chi connectivity index (χ1n) is 6.51. The molecule has 1 atom stereocenters. The van der Waals surface area contributed by atoms with Crippen molar-refractivity contribution in [1.29, 1.82) is 0 Å². The maximum absolute atomic E-state index is 12.9. The minimum atomic E-state index is -4.97. The van der Waals surface area contributed by atoms with Crippen LogP contribution >= 0.6 is 23.2 Å². The van der Waals surface area contributed by atoms with Gasteiger partial charge in [0.1, 0.15) is 5.50 Å². The summed E-state index contributed by atoms with van der Waals surface area (Å²) in [6.07, 6.45) is -4.70. The summed E-state index contributed by atoms with van der Waals surface area (Å²) in [5, 5.41) is 22.4. The molecule has 0 bridgehead atoms. The smallest absolute Gasteiger partial charge is 0.344 e. The van der Waals surface area contributed by atoms with Crippen molar-refractivity contribution in [2.45, 2.75) is 25.0 Å². The third-order valence-corrected chi connectivity index (χ3v) is 3.54. The average molecular weight is 390 g/mol. The van der Waals surface area contributed by atoms with Crippen molar-refractivity contribution in [3.8, 4) is 0 Å². The van der Waals surface area contributed by atoms with E-state index in [4.69, 9.17) is 23.2 Å². The van der Waals surface area contributed by atoms with Crippen molar-refractivity contribution in [1.82, 2.24) is 0 Å². The topological polar surface area (TPSA) is 89.5 Å². The molecule has 0 saturated carbocycles. The van der Waals surface area contributed by atoms with E-state index in [1.165, 1.54) is 6.92 Å². The minimum Gasteiger partial charge on any atom is -0.344 e. The van der Waals surface area contributed by atoms with E-state index in [1.54, 1.807) is 0 Å². The van der Waals surface area contributed by atoms with Gasteiger partial charge in [-0.15, -0.1) is 11.6 Å². The normalized spacial score (nSPS) is 12.8. The van der Waals surface area contributed by atoms with Crippen LogP contribution in [0.2, 0.25) is 0 Å². The summed E-state index contributed by atoms with van der Waals surface area (Å²) in [5.74, 6) is 0.141. The molecule has 0 aromatic heterocycles. The summed E-state index contributed by atoms with van der Waals surface area (Å²) in [4.78, 5) is 21.3. The van der Waals surface area contributed by atoms with E-state index in [-0.39, 0.29) is 31.0 Å². The SMILES string of the molecule is CC(Cl)N(CCCCl)c1c([N+](=O)[O-])cc(C(F)(F)F)cc1[N+](=O)[O-]. The van der Waals surface area contributed by atoms with Crippen molar-refractivity contribution in [3.63, 3.8) is 0 Å². The molecule has 0 spiro atoms. The molecule has 0 aliphatic rings. The van der Waals surface area contributed by atoms with Crippen LogP contribution in [0.3, 0.4) is 0 Å². The van der Waals surface area contributed by atoms with Gasteiger partial charge in [-0.1, -0.05) is 11.6 Å². The molecular weight excluding hydrogens is 378 g/mol. The monoisotopic (exact) mass is 389 g/mol. The van der Waals surface area contributed by atoms with Crippen LogP contribution < -0.4 is 4.90 Å². The largest absolute Gasteiger partial charge is 0.416 e. The van der Waals surface area contributed by atoms with Gasteiger partial charge in [-0.2, -0.15) is 13.2 Å². The highest BCUT2D eigenvalue weighted by molar-refractivity contribution is 6.21. The molecule has 0 aliphatic carbocycles. The molecule has 0 radical (unpaired) electrons. The summed E-state index contributed by atoms with van der Waals surface area (Å²) in [6, 6.07) is 0.518. The Morgan fingerprint density at radius 3 is 1.96 bits per heavy atom. The summed E-state index contributed by atoms with van der Waals surface area (Å²) in [5.41, 5.74) is -5.09. The second kappa shape index (κ2) is 7.84. The number of benzene rings is 1. The zero-order chi connectivity index (χ0) is 18.7. The Balaban J connectivity index is 3.72. The third kappa shape index (κ3) is 4.60. The third-order valence-electron chi connectivity index (χ3n) is 3.04. The van der Waals surface area contributed by atoms with Crippen molar-refractivity contribution in [2.75, 3.05) is 17.3 Å². The molecule has 12 heteroatoms. The second-order valence-corrected chi connectivity index (χ2v) is 5.69. The van der Waals surface area contributed by atoms with E-state index >= 15 is 0 Å². The lowest BCUT2D eigenvalue weighted by Crippen LogP contribution is -2.32. The van der Waals surface area contributed by atoms with Crippen LogP contribution in [-0.2, 0) is 6.18 Å². The van der Waals surface area contributed by atoms with Crippen molar-refractivity contribution in [3.05, 3.63) is 37.9 Å². The Kier molecular flexibility index (Phi) is 6.61. The molecule has 1 aromatic rings. The number of rotatable bonds is 7. The van der Waals surface area contributed by atoms with E-state index < -0.39 is 44.1 Å². The fraction of sp³-hybridized carbons (Fsp3) is 0.500. The fourth-order valence-electron chi connectivity index (χ4n) is 2.04. The Hall–Kier alpha value is -1.81.